The van der Waals surface area contributed by atoms with E-state index in [1.807, 2.05) is 63.5 Å². The summed E-state index contributed by atoms with van der Waals surface area (Å²) in [5.74, 6) is 0.938. The molecule has 58 heavy (non-hydrogen) atoms. The molecule has 2 aliphatic heterocycles. The van der Waals surface area contributed by atoms with Crippen molar-refractivity contribution in [1.82, 2.24) is 40.4 Å². The Bertz CT molecular complexity index is 2150. The molecule has 4 amide bonds. The Balaban J connectivity index is 1.08. The van der Waals surface area contributed by atoms with Crippen molar-refractivity contribution < 1.29 is 28.7 Å². The van der Waals surface area contributed by atoms with Gasteiger partial charge in [-0.2, -0.15) is 0 Å². The van der Waals surface area contributed by atoms with Gasteiger partial charge in [0.1, 0.15) is 23.7 Å². The lowest BCUT2D eigenvalue weighted by molar-refractivity contribution is -0.138. The van der Waals surface area contributed by atoms with Gasteiger partial charge in [-0.15, -0.1) is 0 Å². The average molecular weight is 791 g/mol. The number of nitrogens with zero attached hydrogens (tertiary/aromatic N) is 4. The van der Waals surface area contributed by atoms with Crippen LogP contribution in [0.25, 0.3) is 44.3 Å². The van der Waals surface area contributed by atoms with E-state index in [2.05, 4.69) is 69.1 Å². The minimum Gasteiger partial charge on any atom is -0.453 e. The van der Waals surface area contributed by atoms with Gasteiger partial charge in [0, 0.05) is 12.1 Å². The van der Waals surface area contributed by atoms with E-state index in [1.165, 1.54) is 14.2 Å². The van der Waals surface area contributed by atoms with Crippen LogP contribution in [0, 0.1) is 11.8 Å². The summed E-state index contributed by atoms with van der Waals surface area (Å²) in [6.45, 7) is 11.7. The number of methoxy groups -OCH3 is 2. The van der Waals surface area contributed by atoms with Crippen LogP contribution in [0.4, 0.5) is 9.59 Å². The van der Waals surface area contributed by atoms with E-state index in [-0.39, 0.29) is 47.8 Å². The molecule has 2 aliphatic rings. The topological polar surface area (TPSA) is 175 Å². The molecule has 2 fully saturated rings. The summed E-state index contributed by atoms with van der Waals surface area (Å²) in [5.41, 5.74) is 7.57. The smallest absolute Gasteiger partial charge is 0.407 e. The molecule has 7 rings (SSSR count). The molecule has 0 saturated carbocycles. The molecule has 0 radical (unpaired) electrons. The number of hydrogen-bond donors (Lipinski definition) is 4. The van der Waals surface area contributed by atoms with Gasteiger partial charge < -0.3 is 39.9 Å². The lowest BCUT2D eigenvalue weighted by Gasteiger charge is -2.32. The zero-order valence-corrected chi connectivity index (χ0v) is 34.5. The van der Waals surface area contributed by atoms with Crippen LogP contribution in [0.5, 0.6) is 0 Å². The fraction of sp³-hybridized carbons (Fsp3) is 0.455. The highest BCUT2D eigenvalue weighted by Gasteiger charge is 2.42. The minimum atomic E-state index is -0.709. The Labute approximate surface area is 338 Å². The number of imidazole rings is 2. The first-order chi connectivity index (χ1) is 27.8. The summed E-state index contributed by atoms with van der Waals surface area (Å²) in [5, 5.41) is 5.45. The van der Waals surface area contributed by atoms with Crippen LogP contribution in [0.3, 0.4) is 0 Å². The summed E-state index contributed by atoms with van der Waals surface area (Å²) in [4.78, 5) is 72.4. The van der Waals surface area contributed by atoms with E-state index in [0.717, 1.165) is 81.7 Å². The summed E-state index contributed by atoms with van der Waals surface area (Å²) >= 11 is 0. The van der Waals surface area contributed by atoms with Gasteiger partial charge in [0.2, 0.25) is 11.8 Å². The summed E-state index contributed by atoms with van der Waals surface area (Å²) in [6.07, 6.45) is 1.94. The number of amides is 4. The first-order valence-corrected chi connectivity index (χ1v) is 20.2. The van der Waals surface area contributed by atoms with Crippen LogP contribution in [0.2, 0.25) is 0 Å². The number of aromatic nitrogens is 4. The minimum absolute atomic E-state index is 0.00508. The number of alkyl carbamates (subject to hydrolysis) is 2. The maximum atomic E-state index is 13.8. The molecule has 306 valence electrons. The molecule has 0 spiro atoms. The van der Waals surface area contributed by atoms with Gasteiger partial charge in [-0.1, -0.05) is 64.1 Å². The fourth-order valence-corrected chi connectivity index (χ4v) is 8.56. The van der Waals surface area contributed by atoms with Crippen molar-refractivity contribution in [1.29, 1.82) is 0 Å². The molecule has 14 heteroatoms. The van der Waals surface area contributed by atoms with Gasteiger partial charge in [0.15, 0.2) is 0 Å². The van der Waals surface area contributed by atoms with Gasteiger partial charge in [-0.3, -0.25) is 9.59 Å². The van der Waals surface area contributed by atoms with Gasteiger partial charge in [0.25, 0.3) is 0 Å². The number of carbonyl (C=O) groups excluding carboxylic acids is 4. The van der Waals surface area contributed by atoms with E-state index in [4.69, 9.17) is 19.4 Å². The van der Waals surface area contributed by atoms with Crippen LogP contribution in [-0.4, -0.2) is 92.1 Å². The highest BCUT2D eigenvalue weighted by Crippen LogP contribution is 2.39. The summed E-state index contributed by atoms with van der Waals surface area (Å²) in [7, 11) is 2.59. The average Bonchev–Trinajstić information content (AvgIpc) is 4.01. The second kappa shape index (κ2) is 16.5. The molecule has 0 unspecified atom stereocenters. The van der Waals surface area contributed by atoms with E-state index < -0.39 is 24.3 Å². The van der Waals surface area contributed by atoms with E-state index in [0.29, 0.717) is 0 Å². The first kappa shape index (κ1) is 40.3. The second-order valence-electron chi connectivity index (χ2n) is 16.4. The molecular formula is C44H54N8O6. The van der Waals surface area contributed by atoms with Crippen molar-refractivity contribution in [3.8, 4) is 22.3 Å². The number of hydrogen-bond acceptors (Lipinski definition) is 8. The Morgan fingerprint density at radius 1 is 0.603 bits per heavy atom. The number of ether oxygens (including phenoxy) is 2. The standard InChI is InChI=1S/C44H54N8O6/c1-23(2)37(49-43(55)57-7)41(53)51-25(5)9-19-35(51)39-45-31-17-15-29(21-33(31)47-39)27-11-13-28(14-12-27)30-16-18-32-34(22-30)48-40(46-32)36-20-10-26(6)52(36)42(54)38(24(3)4)50-44(56)58-8/h11-18,21-26,35-38H,9-10,19-20H2,1-8H3,(H,45,47)(H,46,48)(H,49,55)(H,50,56)/t25-,26-,35+,36+,37+,38+/m1/s1. The predicted molar refractivity (Wildman–Crippen MR) is 222 cm³/mol. The second-order valence-corrected chi connectivity index (χ2v) is 16.4. The van der Waals surface area contributed by atoms with E-state index in [9.17, 15) is 19.2 Å². The van der Waals surface area contributed by atoms with Crippen LogP contribution < -0.4 is 10.6 Å². The van der Waals surface area contributed by atoms with E-state index in [1.54, 1.807) is 0 Å². The summed E-state index contributed by atoms with van der Waals surface area (Å²) in [6, 6.07) is 18.8. The highest BCUT2D eigenvalue weighted by atomic mass is 16.5. The molecule has 0 aliphatic carbocycles. The number of nitrogens with one attached hydrogen (secondary N) is 4. The Morgan fingerprint density at radius 3 is 1.31 bits per heavy atom. The first-order valence-electron chi connectivity index (χ1n) is 20.2. The van der Waals surface area contributed by atoms with Gasteiger partial charge in [0.05, 0.1) is 48.4 Å². The zero-order valence-electron chi connectivity index (χ0n) is 34.5. The molecule has 6 atom stereocenters. The molecule has 3 aromatic carbocycles. The Hall–Kier alpha value is -5.92. The van der Waals surface area contributed by atoms with Crippen LogP contribution in [0.1, 0.15) is 91.0 Å². The largest absolute Gasteiger partial charge is 0.453 e. The normalized spacial score (nSPS) is 20.5. The number of likely N-dealkylation sites (tertiary alicyclic amines) is 2. The van der Waals surface area contributed by atoms with Crippen molar-refractivity contribution in [3.63, 3.8) is 0 Å². The lowest BCUT2D eigenvalue weighted by Crippen LogP contribution is -2.52. The maximum Gasteiger partial charge on any atom is 0.407 e. The molecule has 5 aromatic rings. The SMILES string of the molecule is COC(=O)N[C@H](C(=O)N1[C@H](C)CC[C@H]1c1nc2ccc(-c3ccc(-c4ccc5nc([C@@H]6CC[C@@H](C)N6C(=O)[C@@H](NC(=O)OC)C(C)C)[nH]c5c4)cc3)cc2[nH]1)C(C)C. The number of carbonyl (C=O) groups is 4. The number of H-pyrrole nitrogens is 2. The number of benzene rings is 3. The van der Waals surface area contributed by atoms with Crippen molar-refractivity contribution >= 4 is 46.1 Å². The lowest BCUT2D eigenvalue weighted by atomic mass is 10.00. The summed E-state index contributed by atoms with van der Waals surface area (Å²) < 4.78 is 9.60. The number of fused-ring (bicyclic) bond motifs is 2. The molecule has 14 nitrogen and oxygen atoms in total. The third-order valence-corrected chi connectivity index (χ3v) is 11.8. The quantitative estimate of drug-likeness (QED) is 0.112. The molecular weight excluding hydrogens is 737 g/mol. The van der Waals surface area contributed by atoms with Gasteiger partial charge in [-0.25, -0.2) is 19.6 Å². The van der Waals surface area contributed by atoms with Crippen molar-refractivity contribution in [2.75, 3.05) is 14.2 Å². The molecule has 2 aromatic heterocycles. The maximum absolute atomic E-state index is 13.8. The Kier molecular flexibility index (Phi) is 11.5. The molecule has 4 N–H and O–H groups in total. The molecule has 4 heterocycles. The van der Waals surface area contributed by atoms with E-state index >= 15 is 0 Å². The van der Waals surface area contributed by atoms with Crippen LogP contribution in [-0.2, 0) is 19.1 Å². The van der Waals surface area contributed by atoms with Crippen LogP contribution in [0.15, 0.2) is 60.7 Å². The number of aromatic amines is 2. The Morgan fingerprint density at radius 2 is 0.966 bits per heavy atom. The number of rotatable bonds is 10. The van der Waals surface area contributed by atoms with Crippen molar-refractivity contribution in [2.45, 2.75) is 103 Å². The predicted octanol–water partition coefficient (Wildman–Crippen LogP) is 7.64. The fourth-order valence-electron chi connectivity index (χ4n) is 8.56. The van der Waals surface area contributed by atoms with Crippen molar-refractivity contribution in [2.24, 2.45) is 11.8 Å². The van der Waals surface area contributed by atoms with Crippen LogP contribution >= 0.6 is 0 Å². The van der Waals surface area contributed by atoms with Gasteiger partial charge >= 0.3 is 12.2 Å². The van der Waals surface area contributed by atoms with Crippen molar-refractivity contribution in [3.05, 3.63) is 72.3 Å². The molecule has 0 bridgehead atoms. The zero-order chi connectivity index (χ0) is 41.4. The van der Waals surface area contributed by atoms with Gasteiger partial charge in [-0.05, 0) is 97.9 Å². The monoisotopic (exact) mass is 790 g/mol. The third kappa shape index (κ3) is 7.84. The molecule has 2 saturated heterocycles. The third-order valence-electron chi connectivity index (χ3n) is 11.8. The highest BCUT2D eigenvalue weighted by molar-refractivity contribution is 5.89.